The van der Waals surface area contributed by atoms with Gasteiger partial charge in [-0.1, -0.05) is 113 Å². The standard InChI is InChI=1S/C27H33Si/c1-4-13-22-16-7-10-19-25(22)28(26-20-11-8-17-23(26)14-5-2)27-21-12-9-18-24(27)15-6-3/h7-12,16-21H,4-6,13-15H2,1-3H3. The van der Waals surface area contributed by atoms with Crippen molar-refractivity contribution in [2.24, 2.45) is 0 Å². The van der Waals surface area contributed by atoms with E-state index in [9.17, 15) is 0 Å². The van der Waals surface area contributed by atoms with Crippen LogP contribution in [-0.2, 0) is 19.3 Å². The largest absolute Gasteiger partial charge is 0.155 e. The summed E-state index contributed by atoms with van der Waals surface area (Å²) in [5.41, 5.74) is 4.62. The van der Waals surface area contributed by atoms with Crippen LogP contribution in [0.2, 0.25) is 0 Å². The zero-order valence-corrected chi connectivity index (χ0v) is 18.7. The minimum absolute atomic E-state index is 1.03. The SMILES string of the molecule is CCCc1ccccc1[Si](c1ccccc1CCC)c1ccccc1CCC. The van der Waals surface area contributed by atoms with Crippen molar-refractivity contribution in [1.82, 2.24) is 0 Å². The molecule has 28 heavy (non-hydrogen) atoms. The Labute approximate surface area is 173 Å². The molecule has 0 nitrogen and oxygen atoms in total. The molecule has 0 bridgehead atoms. The van der Waals surface area contributed by atoms with Crippen LogP contribution in [0.1, 0.15) is 56.7 Å². The van der Waals surface area contributed by atoms with Gasteiger partial charge in [0.15, 0.2) is 8.80 Å². The summed E-state index contributed by atoms with van der Waals surface area (Å²) in [6.07, 6.45) is 7.07. The van der Waals surface area contributed by atoms with E-state index in [2.05, 4.69) is 93.6 Å². The molecule has 3 aromatic carbocycles. The van der Waals surface area contributed by atoms with E-state index in [-0.39, 0.29) is 0 Å². The predicted molar refractivity (Wildman–Crippen MR) is 126 cm³/mol. The highest BCUT2D eigenvalue weighted by Gasteiger charge is 2.25. The highest BCUT2D eigenvalue weighted by Crippen LogP contribution is 2.10. The van der Waals surface area contributed by atoms with E-state index in [0.29, 0.717) is 0 Å². The van der Waals surface area contributed by atoms with Crippen molar-refractivity contribution in [3.63, 3.8) is 0 Å². The van der Waals surface area contributed by atoms with Crippen molar-refractivity contribution < 1.29 is 0 Å². The minimum atomic E-state index is -1.03. The van der Waals surface area contributed by atoms with Crippen LogP contribution in [0.25, 0.3) is 0 Å². The summed E-state index contributed by atoms with van der Waals surface area (Å²) in [6.45, 7) is 6.87. The van der Waals surface area contributed by atoms with Crippen LogP contribution >= 0.6 is 0 Å². The second kappa shape index (κ2) is 10.4. The Hall–Kier alpha value is -2.12. The van der Waals surface area contributed by atoms with Gasteiger partial charge in [-0.05, 0) is 51.5 Å². The second-order valence-electron chi connectivity index (χ2n) is 7.60. The molecule has 0 fully saturated rings. The quantitative estimate of drug-likeness (QED) is 0.357. The lowest BCUT2D eigenvalue weighted by Crippen LogP contribution is -2.55. The minimum Gasteiger partial charge on any atom is -0.0651 e. The Balaban J connectivity index is 2.25. The normalized spacial score (nSPS) is 11.1. The first-order chi connectivity index (χ1) is 13.8. The lowest BCUT2D eigenvalue weighted by molar-refractivity contribution is 0.923. The molecule has 0 saturated carbocycles. The summed E-state index contributed by atoms with van der Waals surface area (Å²) in [5.74, 6) is 0. The molecule has 0 atom stereocenters. The van der Waals surface area contributed by atoms with E-state index in [0.717, 1.165) is 19.3 Å². The second-order valence-corrected chi connectivity index (χ2v) is 9.96. The summed E-state index contributed by atoms with van der Waals surface area (Å²) in [7, 11) is -1.03. The van der Waals surface area contributed by atoms with Crippen LogP contribution in [0.3, 0.4) is 0 Å². The monoisotopic (exact) mass is 385 g/mol. The molecule has 0 aliphatic rings. The fourth-order valence-electron chi connectivity index (χ4n) is 4.19. The van der Waals surface area contributed by atoms with Crippen molar-refractivity contribution in [3.05, 3.63) is 89.5 Å². The first-order valence-corrected chi connectivity index (χ1v) is 12.4. The van der Waals surface area contributed by atoms with Crippen molar-refractivity contribution in [1.29, 1.82) is 0 Å². The lowest BCUT2D eigenvalue weighted by Gasteiger charge is -2.24. The van der Waals surface area contributed by atoms with Gasteiger partial charge >= 0.3 is 0 Å². The van der Waals surface area contributed by atoms with Gasteiger partial charge in [-0.2, -0.15) is 0 Å². The maximum atomic E-state index is 2.41. The summed E-state index contributed by atoms with van der Waals surface area (Å²) in [5, 5.41) is 4.75. The topological polar surface area (TPSA) is 0 Å². The Morgan fingerprint density at radius 3 is 1.04 bits per heavy atom. The molecular formula is C27H33Si. The van der Waals surface area contributed by atoms with Crippen molar-refractivity contribution in [2.75, 3.05) is 0 Å². The maximum Gasteiger partial charge on any atom is 0.155 e. The van der Waals surface area contributed by atoms with Gasteiger partial charge in [0.05, 0.1) is 0 Å². The van der Waals surface area contributed by atoms with E-state index in [1.165, 1.54) is 36.0 Å². The van der Waals surface area contributed by atoms with Crippen molar-refractivity contribution in [3.8, 4) is 0 Å². The van der Waals surface area contributed by atoms with Gasteiger partial charge in [0.2, 0.25) is 0 Å². The molecule has 0 aliphatic heterocycles. The average Bonchev–Trinajstić information content (AvgIpc) is 2.72. The smallest absolute Gasteiger partial charge is 0.0651 e. The van der Waals surface area contributed by atoms with Crippen LogP contribution in [0.5, 0.6) is 0 Å². The maximum absolute atomic E-state index is 2.41. The van der Waals surface area contributed by atoms with E-state index >= 15 is 0 Å². The highest BCUT2D eigenvalue weighted by molar-refractivity contribution is 6.96. The first kappa shape index (κ1) is 20.6. The molecular weight excluding hydrogens is 352 g/mol. The highest BCUT2D eigenvalue weighted by atomic mass is 28.3. The van der Waals surface area contributed by atoms with Crippen molar-refractivity contribution in [2.45, 2.75) is 59.3 Å². The average molecular weight is 386 g/mol. The molecule has 145 valence electrons. The molecule has 1 radical (unpaired) electrons. The summed E-state index contributed by atoms with van der Waals surface area (Å²) in [4.78, 5) is 0. The van der Waals surface area contributed by atoms with Crippen LogP contribution in [-0.4, -0.2) is 8.80 Å². The summed E-state index contributed by atoms with van der Waals surface area (Å²) < 4.78 is 0. The zero-order valence-electron chi connectivity index (χ0n) is 17.7. The zero-order chi connectivity index (χ0) is 19.8. The number of benzene rings is 3. The molecule has 0 saturated heterocycles. The molecule has 0 heterocycles. The molecule has 3 aromatic rings. The van der Waals surface area contributed by atoms with Crippen LogP contribution in [0.15, 0.2) is 72.8 Å². The van der Waals surface area contributed by atoms with Crippen molar-refractivity contribution >= 4 is 24.4 Å². The molecule has 0 unspecified atom stereocenters. The van der Waals surface area contributed by atoms with Gasteiger partial charge in [0.25, 0.3) is 0 Å². The van der Waals surface area contributed by atoms with Gasteiger partial charge in [0.1, 0.15) is 0 Å². The Bertz CT molecular complexity index is 763. The summed E-state index contributed by atoms with van der Waals surface area (Å²) >= 11 is 0. The summed E-state index contributed by atoms with van der Waals surface area (Å²) in [6, 6.07) is 27.6. The van der Waals surface area contributed by atoms with E-state index in [1.807, 2.05) is 0 Å². The fraction of sp³-hybridized carbons (Fsp3) is 0.333. The van der Waals surface area contributed by atoms with E-state index in [4.69, 9.17) is 0 Å². The van der Waals surface area contributed by atoms with Gasteiger partial charge in [-0.3, -0.25) is 0 Å². The lowest BCUT2D eigenvalue weighted by atomic mass is 10.1. The Kier molecular flexibility index (Phi) is 7.68. The van der Waals surface area contributed by atoms with Crippen LogP contribution in [0, 0.1) is 0 Å². The van der Waals surface area contributed by atoms with Gasteiger partial charge in [-0.15, -0.1) is 0 Å². The molecule has 0 amide bonds. The molecule has 0 spiro atoms. The molecule has 0 N–H and O–H groups in total. The number of hydrogen-bond acceptors (Lipinski definition) is 0. The van der Waals surface area contributed by atoms with Crippen LogP contribution < -0.4 is 15.6 Å². The Morgan fingerprint density at radius 1 is 0.464 bits per heavy atom. The van der Waals surface area contributed by atoms with Gasteiger partial charge in [-0.25, -0.2) is 0 Å². The van der Waals surface area contributed by atoms with E-state index < -0.39 is 8.80 Å². The third-order valence-corrected chi connectivity index (χ3v) is 8.50. The third-order valence-electron chi connectivity index (χ3n) is 5.42. The van der Waals surface area contributed by atoms with Crippen LogP contribution in [0.4, 0.5) is 0 Å². The van der Waals surface area contributed by atoms with E-state index in [1.54, 1.807) is 15.6 Å². The number of rotatable bonds is 9. The predicted octanol–water partition coefficient (Wildman–Crippen LogP) is 5.06. The number of hydrogen-bond donors (Lipinski definition) is 0. The Morgan fingerprint density at radius 2 is 0.750 bits per heavy atom. The molecule has 0 aliphatic carbocycles. The molecule has 0 aromatic heterocycles. The number of aryl methyl sites for hydroxylation is 3. The molecule has 3 rings (SSSR count). The third kappa shape index (κ3) is 4.64. The fourth-order valence-corrected chi connectivity index (χ4v) is 7.44. The molecule has 1 heteroatoms. The first-order valence-electron chi connectivity index (χ1n) is 10.9. The van der Waals surface area contributed by atoms with Gasteiger partial charge < -0.3 is 0 Å². The van der Waals surface area contributed by atoms with Gasteiger partial charge in [0, 0.05) is 0 Å².